The van der Waals surface area contributed by atoms with E-state index in [0.29, 0.717) is 41.8 Å². The van der Waals surface area contributed by atoms with Gasteiger partial charge in [-0.2, -0.15) is 0 Å². The Bertz CT molecular complexity index is 4000. The van der Waals surface area contributed by atoms with E-state index in [1.807, 2.05) is 92.7 Å². The molecule has 0 saturated carbocycles. The van der Waals surface area contributed by atoms with E-state index in [2.05, 4.69) is 212 Å². The van der Waals surface area contributed by atoms with Gasteiger partial charge in [-0.25, -0.2) is 0 Å². The fraction of sp³-hybridized carbons (Fsp3) is 0.185. The van der Waals surface area contributed by atoms with Crippen LogP contribution in [0.3, 0.4) is 0 Å². The number of nitrogens with one attached hydrogen (secondary N) is 2. The molecule has 0 heterocycles. The fourth-order valence-corrected chi connectivity index (χ4v) is 15.5. The molecule has 89 heavy (non-hydrogen) atoms. The summed E-state index contributed by atoms with van der Waals surface area (Å²) in [6, 6.07) is 81.6. The molecule has 8 heteroatoms. The van der Waals surface area contributed by atoms with Gasteiger partial charge in [0.15, 0.2) is 0 Å². The van der Waals surface area contributed by atoms with Gasteiger partial charge in [0.2, 0.25) is 17.6 Å². The first-order valence-corrected chi connectivity index (χ1v) is 33.8. The van der Waals surface area contributed by atoms with E-state index in [0.717, 1.165) is 110 Å². The summed E-state index contributed by atoms with van der Waals surface area (Å²) in [4.78, 5) is 46.8. The number of benzene rings is 9. The van der Waals surface area contributed by atoms with Gasteiger partial charge in [-0.3, -0.25) is 14.4 Å². The van der Waals surface area contributed by atoms with Gasteiger partial charge in [0.25, 0.3) is 0 Å². The maximum atomic E-state index is 15.4. The summed E-state index contributed by atoms with van der Waals surface area (Å²) in [5.74, 6) is -1.40. The highest BCUT2D eigenvalue weighted by atomic mass is 31.2. The molecule has 0 fully saturated rings. The first-order valence-electron chi connectivity index (χ1n) is 31.6. The van der Waals surface area contributed by atoms with Crippen LogP contribution in [-0.4, -0.2) is 34.7 Å². The highest BCUT2D eigenvalue weighted by Crippen LogP contribution is 2.49. The zero-order valence-electron chi connectivity index (χ0n) is 51.6. The fourth-order valence-electron chi connectivity index (χ4n) is 12.4. The minimum Gasteiger partial charge on any atom is -0.506 e. The normalized spacial score (nSPS) is 14.6. The third-order valence-corrected chi connectivity index (χ3v) is 21.7. The van der Waals surface area contributed by atoms with Crippen molar-refractivity contribution in [3.05, 3.63) is 283 Å². The largest absolute Gasteiger partial charge is 0.506 e. The average molecular weight is 1190 g/mol. The molecule has 2 unspecified atom stereocenters. The van der Waals surface area contributed by atoms with Gasteiger partial charge in [-0.05, 0) is 148 Å². The zero-order chi connectivity index (χ0) is 61.9. The molecule has 9 aromatic carbocycles. The first-order chi connectivity index (χ1) is 43.5. The van der Waals surface area contributed by atoms with Crippen LogP contribution in [-0.2, 0) is 14.4 Å². The maximum Gasteiger partial charge on any atom is 0.227 e. The molecular weight excluding hydrogens is 1110 g/mol. The lowest BCUT2D eigenvalue weighted by Crippen LogP contribution is -2.34. The number of hydrogen-bond donors (Lipinski definition) is 3. The highest BCUT2D eigenvalue weighted by Gasteiger charge is 2.40. The summed E-state index contributed by atoms with van der Waals surface area (Å²) in [5.41, 5.74) is 13.3. The Labute approximate surface area is 525 Å². The molecular formula is C81H78N3O4P. The summed E-state index contributed by atoms with van der Waals surface area (Å²) >= 11 is 0. The monoisotopic (exact) mass is 1190 g/mol. The number of rotatable bonds is 22. The Morgan fingerprint density at radius 1 is 0.461 bits per heavy atom. The number of anilines is 4. The molecule has 0 saturated heterocycles. The van der Waals surface area contributed by atoms with Crippen LogP contribution in [0.2, 0.25) is 0 Å². The molecule has 9 aromatic rings. The topological polar surface area (TPSA) is 98.7 Å². The Morgan fingerprint density at radius 2 is 0.843 bits per heavy atom. The summed E-state index contributed by atoms with van der Waals surface area (Å²) < 4.78 is 0. The van der Waals surface area contributed by atoms with E-state index in [9.17, 15) is 14.7 Å². The number of aliphatic hydroxyl groups excluding tert-OH is 1. The Hall–Kier alpha value is -9.55. The number of Topliss-reactive ketones (excluding diaryl/α,β-unsaturated/α-hetero) is 1. The predicted molar refractivity (Wildman–Crippen MR) is 375 cm³/mol. The average Bonchev–Trinajstić information content (AvgIpc) is 1.04. The maximum absolute atomic E-state index is 15.4. The number of carbonyl (C=O) groups excluding carboxylic acids is 3. The van der Waals surface area contributed by atoms with Gasteiger partial charge in [0.1, 0.15) is 5.76 Å². The third-order valence-electron chi connectivity index (χ3n) is 17.7. The lowest BCUT2D eigenvalue weighted by Gasteiger charge is -2.31. The van der Waals surface area contributed by atoms with Crippen molar-refractivity contribution in [2.24, 2.45) is 11.8 Å². The second kappa shape index (κ2) is 28.1. The lowest BCUT2D eigenvalue weighted by atomic mass is 9.78. The summed E-state index contributed by atoms with van der Waals surface area (Å²) in [6.07, 6.45) is 12.5. The molecule has 3 N–H and O–H groups in total. The van der Waals surface area contributed by atoms with Crippen molar-refractivity contribution in [1.82, 2.24) is 5.32 Å². The van der Waals surface area contributed by atoms with Gasteiger partial charge in [0.05, 0.1) is 16.8 Å². The summed E-state index contributed by atoms with van der Waals surface area (Å²) in [6.45, 7) is 8.16. The molecule has 0 spiro atoms. The molecule has 11 rings (SSSR count). The van der Waals surface area contributed by atoms with E-state index in [-0.39, 0.29) is 46.3 Å². The van der Waals surface area contributed by atoms with Crippen LogP contribution in [0.25, 0.3) is 50.1 Å². The number of ketones is 1. The second-order valence-electron chi connectivity index (χ2n) is 23.4. The van der Waals surface area contributed by atoms with E-state index in [4.69, 9.17) is 0 Å². The van der Waals surface area contributed by atoms with Gasteiger partial charge >= 0.3 is 0 Å². The predicted octanol–water partition coefficient (Wildman–Crippen LogP) is 19.4. The van der Waals surface area contributed by atoms with Crippen LogP contribution in [0.15, 0.2) is 277 Å². The van der Waals surface area contributed by atoms with Crippen molar-refractivity contribution in [1.29, 1.82) is 0 Å². The van der Waals surface area contributed by atoms with E-state index in [1.54, 1.807) is 0 Å². The molecule has 2 atom stereocenters. The number of hydrogen-bond acceptors (Lipinski definition) is 5. The van der Waals surface area contributed by atoms with Crippen molar-refractivity contribution in [2.75, 3.05) is 16.9 Å². The van der Waals surface area contributed by atoms with Crippen molar-refractivity contribution in [3.63, 3.8) is 0 Å². The van der Waals surface area contributed by atoms with Crippen molar-refractivity contribution in [2.45, 2.75) is 79.1 Å². The number of unbranched alkanes of at least 4 members (excludes halogenated alkanes) is 2. The van der Waals surface area contributed by atoms with Crippen molar-refractivity contribution in [3.8, 4) is 44.5 Å². The SMILES string of the molecule is CCCCC(CC)C(=O)NC1=CC(=P(C)(c2ccc(-c3ccccc3)cc2)c2ccc(-c3ccccc3)cc2)C=C/C1=C1\C(=O)C(c2ccc(N(c3ccc(-c4ccccc4)cc3)c3ccc(-c4ccccc4)cc3)cc2NC(=O)C(CC)CCCC)=C1O. The van der Waals surface area contributed by atoms with Gasteiger partial charge in [-0.15, -0.1) is 0 Å². The quantitative estimate of drug-likeness (QED) is 0.0464. The van der Waals surface area contributed by atoms with Gasteiger partial charge < -0.3 is 20.6 Å². The molecule has 2 aliphatic carbocycles. The van der Waals surface area contributed by atoms with E-state index in [1.165, 1.54) is 0 Å². The Kier molecular flexibility index (Phi) is 19.3. The molecule has 2 amide bonds. The third kappa shape index (κ3) is 13.2. The minimum atomic E-state index is -2.49. The number of carbonyl (C=O) groups is 3. The highest BCUT2D eigenvalue weighted by molar-refractivity contribution is 7.89. The molecule has 2 aliphatic rings. The first kappa shape index (κ1) is 61.1. The van der Waals surface area contributed by atoms with Crippen molar-refractivity contribution < 1.29 is 19.5 Å². The number of amides is 2. The second-order valence-corrected chi connectivity index (χ2v) is 26.9. The van der Waals surface area contributed by atoms with Gasteiger partial charge in [-0.1, -0.05) is 260 Å². The van der Waals surface area contributed by atoms with Crippen LogP contribution in [0.5, 0.6) is 0 Å². The van der Waals surface area contributed by atoms with Crippen LogP contribution in [0.1, 0.15) is 84.6 Å². The van der Waals surface area contributed by atoms with Crippen LogP contribution in [0, 0.1) is 11.8 Å². The molecule has 0 bridgehead atoms. The van der Waals surface area contributed by atoms with Crippen molar-refractivity contribution >= 4 is 68.7 Å². The summed E-state index contributed by atoms with van der Waals surface area (Å²) in [5, 5.41) is 22.6. The summed E-state index contributed by atoms with van der Waals surface area (Å²) in [7, 11) is 0. The smallest absolute Gasteiger partial charge is 0.227 e. The molecule has 7 nitrogen and oxygen atoms in total. The molecule has 0 radical (unpaired) electrons. The number of nitrogens with zero attached hydrogens (tertiary/aromatic N) is 1. The standard InChI is InChI=1S/C81H78N3O4P/c1-6-10-24-56(8-3)80(87)82-74-54-68(84(66-42-34-62(35-43-66)58-26-16-12-17-27-58)67-44-36-63(37-45-67)59-28-18-13-19-29-59)46-52-72(74)76-78(85)77(79(76)86)73-53-51-71(55-75(73)83-81(88)57(9-4)25-11-7-2)89(5,69-47-38-64(39-48-69)60-30-20-14-21-31-60)70-49-40-65(41-50-70)61-32-22-15-23-33-61/h12-23,26-57,85H,6-11,24-25H2,1-5H3,(H,82,87)(H,83,88)/b77-73+. The molecule has 0 aliphatic heterocycles. The Morgan fingerprint density at radius 3 is 1.24 bits per heavy atom. The van der Waals surface area contributed by atoms with E-state index < -0.39 is 6.89 Å². The van der Waals surface area contributed by atoms with Crippen LogP contribution < -0.4 is 26.1 Å². The Balaban J connectivity index is 1.06. The minimum absolute atomic E-state index is 0.0968. The van der Waals surface area contributed by atoms with Crippen LogP contribution >= 0.6 is 6.89 Å². The van der Waals surface area contributed by atoms with Gasteiger partial charge in [0, 0.05) is 45.7 Å². The molecule has 446 valence electrons. The van der Waals surface area contributed by atoms with E-state index >= 15 is 4.79 Å². The number of allylic oxidation sites excluding steroid dienone is 5. The lowest BCUT2D eigenvalue weighted by molar-refractivity contribution is -0.124. The van der Waals surface area contributed by atoms with Crippen LogP contribution in [0.4, 0.5) is 22.7 Å². The molecule has 0 aromatic heterocycles. The number of aliphatic hydroxyl groups is 1. The zero-order valence-corrected chi connectivity index (χ0v) is 52.5.